The molecule has 3 N–H and O–H groups in total. The van der Waals surface area contributed by atoms with Crippen LogP contribution in [0.5, 0.6) is 0 Å². The van der Waals surface area contributed by atoms with Crippen molar-refractivity contribution in [2.24, 2.45) is 10.4 Å². The van der Waals surface area contributed by atoms with Crippen LogP contribution in [0, 0.1) is 5.41 Å². The molecule has 0 spiro atoms. The quantitative estimate of drug-likeness (QED) is 0.239. The van der Waals surface area contributed by atoms with E-state index in [9.17, 15) is 5.11 Å². The highest BCUT2D eigenvalue weighted by Gasteiger charge is 2.34. The van der Waals surface area contributed by atoms with E-state index >= 15 is 0 Å². The molecule has 2 atom stereocenters. The minimum atomic E-state index is -0.0329. The molecule has 1 heterocycles. The summed E-state index contributed by atoms with van der Waals surface area (Å²) in [6, 6.07) is 10.9. The highest BCUT2D eigenvalue weighted by Crippen LogP contribution is 2.32. The first-order valence-electron chi connectivity index (χ1n) is 10.7. The van der Waals surface area contributed by atoms with E-state index in [1.165, 1.54) is 5.56 Å². The molecule has 0 bridgehead atoms. The number of rotatable bonds is 11. The molecule has 1 aromatic carbocycles. The molecule has 29 heavy (non-hydrogen) atoms. The number of nitrogens with one attached hydrogen (secondary N) is 2. The predicted octanol–water partition coefficient (Wildman–Crippen LogP) is 3.03. The van der Waals surface area contributed by atoms with Crippen LogP contribution in [-0.2, 0) is 4.74 Å². The summed E-state index contributed by atoms with van der Waals surface area (Å²) in [7, 11) is 0. The van der Waals surface area contributed by atoms with Gasteiger partial charge in [-0.2, -0.15) is 0 Å². The lowest BCUT2D eigenvalue weighted by Crippen LogP contribution is -2.44. The number of nitrogens with zero attached hydrogens (tertiary/aromatic N) is 2. The van der Waals surface area contributed by atoms with Gasteiger partial charge in [-0.05, 0) is 38.4 Å². The van der Waals surface area contributed by atoms with Crippen LogP contribution in [0.4, 0.5) is 0 Å². The number of ether oxygens (including phenoxy) is 1. The standard InChI is InChI=1S/C22H38N4O2.HI/c1-4-23-21(25-17-22(12-14-27)13-15-28-18-22)24-16-20(26(5-2)6-3)19-10-8-7-9-11-19;/h7-11,20,27H,4-6,12-18H2,1-3H3,(H2,23,24,25);1H. The van der Waals surface area contributed by atoms with Gasteiger partial charge in [-0.3, -0.25) is 9.89 Å². The van der Waals surface area contributed by atoms with Crippen molar-refractivity contribution in [1.29, 1.82) is 0 Å². The van der Waals surface area contributed by atoms with Gasteiger partial charge in [0, 0.05) is 31.7 Å². The average molecular weight is 518 g/mol. The number of guanidine groups is 1. The molecule has 1 aliphatic heterocycles. The molecule has 1 aliphatic rings. The van der Waals surface area contributed by atoms with Gasteiger partial charge in [-0.1, -0.05) is 44.2 Å². The van der Waals surface area contributed by atoms with Crippen LogP contribution >= 0.6 is 24.0 Å². The molecule has 7 heteroatoms. The Labute approximate surface area is 193 Å². The topological polar surface area (TPSA) is 69.1 Å². The number of aliphatic imine (C=N–C) groups is 1. The Balaban J connectivity index is 0.00000420. The molecule has 6 nitrogen and oxygen atoms in total. The highest BCUT2D eigenvalue weighted by molar-refractivity contribution is 14.0. The van der Waals surface area contributed by atoms with Crippen molar-refractivity contribution < 1.29 is 9.84 Å². The Bertz CT molecular complexity index is 575. The summed E-state index contributed by atoms with van der Waals surface area (Å²) in [4.78, 5) is 7.31. The summed E-state index contributed by atoms with van der Waals surface area (Å²) in [5, 5.41) is 16.3. The molecule has 1 fully saturated rings. The first-order valence-corrected chi connectivity index (χ1v) is 10.7. The first kappa shape index (κ1) is 26.1. The smallest absolute Gasteiger partial charge is 0.191 e. The Hall–Kier alpha value is -0.900. The molecule has 1 aromatic rings. The summed E-state index contributed by atoms with van der Waals surface area (Å²) in [5.74, 6) is 0.833. The average Bonchev–Trinajstić information content (AvgIpc) is 3.19. The summed E-state index contributed by atoms with van der Waals surface area (Å²) < 4.78 is 5.59. The molecule has 0 amide bonds. The number of aliphatic hydroxyl groups is 1. The van der Waals surface area contributed by atoms with E-state index in [0.717, 1.165) is 51.6 Å². The van der Waals surface area contributed by atoms with Gasteiger partial charge in [-0.15, -0.1) is 24.0 Å². The minimum absolute atomic E-state index is 0. The Morgan fingerprint density at radius 1 is 1.21 bits per heavy atom. The van der Waals surface area contributed by atoms with Crippen LogP contribution in [0.15, 0.2) is 35.3 Å². The highest BCUT2D eigenvalue weighted by atomic mass is 127. The van der Waals surface area contributed by atoms with Gasteiger partial charge < -0.3 is 20.5 Å². The molecule has 166 valence electrons. The maximum Gasteiger partial charge on any atom is 0.191 e. The van der Waals surface area contributed by atoms with E-state index < -0.39 is 0 Å². The Morgan fingerprint density at radius 2 is 1.93 bits per heavy atom. The van der Waals surface area contributed by atoms with Crippen LogP contribution in [0.3, 0.4) is 0 Å². The molecular weight excluding hydrogens is 479 g/mol. The zero-order chi connectivity index (χ0) is 20.2. The fraction of sp³-hybridized carbons (Fsp3) is 0.682. The normalized spacial score (nSPS) is 20.4. The molecule has 0 radical (unpaired) electrons. The fourth-order valence-corrected chi connectivity index (χ4v) is 3.87. The van der Waals surface area contributed by atoms with Gasteiger partial charge in [0.05, 0.1) is 19.2 Å². The van der Waals surface area contributed by atoms with Crippen LogP contribution in [-0.4, -0.2) is 68.5 Å². The van der Waals surface area contributed by atoms with E-state index in [1.807, 2.05) is 0 Å². The monoisotopic (exact) mass is 518 g/mol. The lowest BCUT2D eigenvalue weighted by molar-refractivity contribution is 0.131. The zero-order valence-electron chi connectivity index (χ0n) is 18.2. The molecule has 1 saturated heterocycles. The summed E-state index contributed by atoms with van der Waals surface area (Å²) >= 11 is 0. The largest absolute Gasteiger partial charge is 0.396 e. The molecule has 2 unspecified atom stereocenters. The fourth-order valence-electron chi connectivity index (χ4n) is 3.87. The third-order valence-electron chi connectivity index (χ3n) is 5.64. The second kappa shape index (κ2) is 14.2. The van der Waals surface area contributed by atoms with Gasteiger partial charge >= 0.3 is 0 Å². The van der Waals surface area contributed by atoms with Gasteiger partial charge in [0.1, 0.15) is 0 Å². The van der Waals surface area contributed by atoms with E-state index in [-0.39, 0.29) is 36.0 Å². The van der Waals surface area contributed by atoms with Crippen LogP contribution in [0.1, 0.15) is 45.2 Å². The summed E-state index contributed by atoms with van der Waals surface area (Å²) in [5.41, 5.74) is 1.28. The molecular formula is C22H39IN4O2. The molecule has 0 aliphatic carbocycles. The predicted molar refractivity (Wildman–Crippen MR) is 131 cm³/mol. The van der Waals surface area contributed by atoms with Crippen molar-refractivity contribution in [3.05, 3.63) is 35.9 Å². The van der Waals surface area contributed by atoms with E-state index in [1.54, 1.807) is 0 Å². The SMILES string of the molecule is CCNC(=NCC1(CCO)CCOC1)NCC(c1ccccc1)N(CC)CC.I. The molecule has 0 saturated carbocycles. The van der Waals surface area contributed by atoms with E-state index in [2.05, 4.69) is 66.6 Å². The van der Waals surface area contributed by atoms with Crippen LogP contribution in [0.2, 0.25) is 0 Å². The van der Waals surface area contributed by atoms with Gasteiger partial charge in [-0.25, -0.2) is 0 Å². The molecule has 2 rings (SSSR count). The third kappa shape index (κ3) is 8.03. The van der Waals surface area contributed by atoms with Crippen molar-refractivity contribution in [2.75, 3.05) is 52.5 Å². The summed E-state index contributed by atoms with van der Waals surface area (Å²) in [6.45, 7) is 12.4. The number of halogens is 1. The third-order valence-corrected chi connectivity index (χ3v) is 5.64. The first-order chi connectivity index (χ1) is 13.7. The molecule has 0 aromatic heterocycles. The van der Waals surface area contributed by atoms with E-state index in [0.29, 0.717) is 19.2 Å². The lowest BCUT2D eigenvalue weighted by atomic mass is 9.84. The second-order valence-corrected chi connectivity index (χ2v) is 7.50. The second-order valence-electron chi connectivity index (χ2n) is 7.50. The Morgan fingerprint density at radius 3 is 2.48 bits per heavy atom. The summed E-state index contributed by atoms with van der Waals surface area (Å²) in [6.07, 6.45) is 1.70. The number of aliphatic hydroxyl groups excluding tert-OH is 1. The maximum atomic E-state index is 9.44. The van der Waals surface area contributed by atoms with Gasteiger partial charge in [0.25, 0.3) is 0 Å². The Kier molecular flexibility index (Phi) is 12.8. The number of likely N-dealkylation sites (N-methyl/N-ethyl adjacent to an activating group) is 1. The van der Waals surface area contributed by atoms with Gasteiger partial charge in [0.15, 0.2) is 5.96 Å². The number of benzene rings is 1. The van der Waals surface area contributed by atoms with Crippen LogP contribution < -0.4 is 10.6 Å². The van der Waals surface area contributed by atoms with Gasteiger partial charge in [0.2, 0.25) is 0 Å². The van der Waals surface area contributed by atoms with Crippen molar-refractivity contribution in [2.45, 2.75) is 39.7 Å². The van der Waals surface area contributed by atoms with Crippen molar-refractivity contribution in [3.63, 3.8) is 0 Å². The van der Waals surface area contributed by atoms with Crippen LogP contribution in [0.25, 0.3) is 0 Å². The van der Waals surface area contributed by atoms with E-state index in [4.69, 9.17) is 9.73 Å². The lowest BCUT2D eigenvalue weighted by Gasteiger charge is -2.31. The van der Waals surface area contributed by atoms with Crippen molar-refractivity contribution >= 4 is 29.9 Å². The van der Waals surface area contributed by atoms with Crippen molar-refractivity contribution in [1.82, 2.24) is 15.5 Å². The number of hydrogen-bond donors (Lipinski definition) is 3. The minimum Gasteiger partial charge on any atom is -0.396 e. The van der Waals surface area contributed by atoms with Crippen molar-refractivity contribution in [3.8, 4) is 0 Å². The zero-order valence-corrected chi connectivity index (χ0v) is 20.5. The number of hydrogen-bond acceptors (Lipinski definition) is 4. The maximum absolute atomic E-state index is 9.44.